The molecule has 2 unspecified atom stereocenters. The zero-order chi connectivity index (χ0) is 19.3. The molecule has 0 aliphatic carbocycles. The van der Waals surface area contributed by atoms with Gasteiger partial charge in [0.2, 0.25) is 0 Å². The van der Waals surface area contributed by atoms with Gasteiger partial charge in [0, 0.05) is 56.0 Å². The Balaban J connectivity index is 1.32. The van der Waals surface area contributed by atoms with Gasteiger partial charge in [0.25, 0.3) is 0 Å². The molecular weight excluding hydrogens is 352 g/mol. The van der Waals surface area contributed by atoms with Crippen molar-refractivity contribution in [2.75, 3.05) is 36.0 Å². The third-order valence-corrected chi connectivity index (χ3v) is 5.76. The van der Waals surface area contributed by atoms with Crippen molar-refractivity contribution < 1.29 is 0 Å². The summed E-state index contributed by atoms with van der Waals surface area (Å²) in [5, 5.41) is 4.55. The first kappa shape index (κ1) is 17.1. The number of hydrogen-bond acceptors (Lipinski definition) is 7. The zero-order valence-corrected chi connectivity index (χ0v) is 16.4. The summed E-state index contributed by atoms with van der Waals surface area (Å²) in [6.45, 7) is 10.1. The first-order valence-corrected chi connectivity index (χ1v) is 9.72. The molecule has 28 heavy (non-hydrogen) atoms. The number of aromatic nitrogens is 6. The SMILES string of the molecule is Cc1cc(C)n(-c2cc(N3CC4CN(c5ccnc(C)n5)CC4C3)ncn2)n1. The molecule has 2 fully saturated rings. The summed E-state index contributed by atoms with van der Waals surface area (Å²) in [6.07, 6.45) is 3.49. The highest BCUT2D eigenvalue weighted by Crippen LogP contribution is 2.35. The summed E-state index contributed by atoms with van der Waals surface area (Å²) >= 11 is 0. The highest BCUT2D eigenvalue weighted by molar-refractivity contribution is 5.47. The van der Waals surface area contributed by atoms with Gasteiger partial charge in [-0.15, -0.1) is 0 Å². The molecule has 0 N–H and O–H groups in total. The van der Waals surface area contributed by atoms with E-state index in [1.807, 2.05) is 43.8 Å². The molecule has 8 nitrogen and oxygen atoms in total. The highest BCUT2D eigenvalue weighted by atomic mass is 15.3. The number of anilines is 2. The molecule has 2 atom stereocenters. The van der Waals surface area contributed by atoms with Crippen LogP contribution >= 0.6 is 0 Å². The van der Waals surface area contributed by atoms with E-state index in [9.17, 15) is 0 Å². The van der Waals surface area contributed by atoms with Crippen molar-refractivity contribution in [2.24, 2.45) is 11.8 Å². The van der Waals surface area contributed by atoms with E-state index in [0.29, 0.717) is 11.8 Å². The fourth-order valence-electron chi connectivity index (χ4n) is 4.47. The Morgan fingerprint density at radius 3 is 2.14 bits per heavy atom. The molecule has 0 radical (unpaired) electrons. The molecule has 5 heterocycles. The minimum atomic E-state index is 0.627. The molecule has 2 aliphatic heterocycles. The van der Waals surface area contributed by atoms with Crippen molar-refractivity contribution in [2.45, 2.75) is 20.8 Å². The van der Waals surface area contributed by atoms with Gasteiger partial charge in [-0.2, -0.15) is 5.10 Å². The quantitative estimate of drug-likeness (QED) is 0.691. The van der Waals surface area contributed by atoms with E-state index in [0.717, 1.165) is 60.8 Å². The van der Waals surface area contributed by atoms with Crippen LogP contribution in [0.5, 0.6) is 0 Å². The first-order valence-electron chi connectivity index (χ1n) is 9.72. The van der Waals surface area contributed by atoms with E-state index in [1.165, 1.54) is 0 Å². The van der Waals surface area contributed by atoms with Gasteiger partial charge < -0.3 is 9.80 Å². The third-order valence-electron chi connectivity index (χ3n) is 5.76. The van der Waals surface area contributed by atoms with Gasteiger partial charge in [-0.05, 0) is 32.9 Å². The predicted octanol–water partition coefficient (Wildman–Crippen LogP) is 1.95. The van der Waals surface area contributed by atoms with Crippen LogP contribution in [0.2, 0.25) is 0 Å². The van der Waals surface area contributed by atoms with Crippen molar-refractivity contribution in [3.63, 3.8) is 0 Å². The van der Waals surface area contributed by atoms with Crippen molar-refractivity contribution in [3.8, 4) is 5.82 Å². The number of aryl methyl sites for hydroxylation is 3. The summed E-state index contributed by atoms with van der Waals surface area (Å²) in [4.78, 5) is 22.5. The standard InChI is InChI=1S/C20H24N8/c1-13-6-14(2)28(25-13)20-7-19(22-12-23-20)27-10-16-8-26(9-17(16)11-27)18-4-5-21-15(3)24-18/h4-7,12,16-17H,8-11H2,1-3H3. The van der Waals surface area contributed by atoms with Crippen LogP contribution in [0, 0.1) is 32.6 Å². The summed E-state index contributed by atoms with van der Waals surface area (Å²) in [5.74, 6) is 4.93. The number of nitrogens with zero attached hydrogens (tertiary/aromatic N) is 8. The van der Waals surface area contributed by atoms with Gasteiger partial charge in [-0.25, -0.2) is 24.6 Å². The van der Waals surface area contributed by atoms with Gasteiger partial charge in [0.15, 0.2) is 5.82 Å². The molecule has 0 aromatic carbocycles. The van der Waals surface area contributed by atoms with Gasteiger partial charge in [0.1, 0.15) is 23.8 Å². The monoisotopic (exact) mass is 376 g/mol. The number of fused-ring (bicyclic) bond motifs is 1. The fourth-order valence-corrected chi connectivity index (χ4v) is 4.47. The minimum Gasteiger partial charge on any atom is -0.356 e. The Hall–Kier alpha value is -3.03. The normalized spacial score (nSPS) is 21.4. The summed E-state index contributed by atoms with van der Waals surface area (Å²) in [7, 11) is 0. The van der Waals surface area contributed by atoms with Crippen LogP contribution in [-0.2, 0) is 0 Å². The molecule has 5 rings (SSSR count). The van der Waals surface area contributed by atoms with Gasteiger partial charge in [0.05, 0.1) is 5.69 Å². The highest BCUT2D eigenvalue weighted by Gasteiger charge is 2.41. The lowest BCUT2D eigenvalue weighted by atomic mass is 10.0. The second kappa shape index (κ2) is 6.54. The van der Waals surface area contributed by atoms with Crippen LogP contribution in [0.1, 0.15) is 17.2 Å². The molecule has 3 aromatic rings. The second-order valence-electron chi connectivity index (χ2n) is 7.87. The van der Waals surface area contributed by atoms with Crippen LogP contribution < -0.4 is 9.80 Å². The van der Waals surface area contributed by atoms with Crippen LogP contribution in [0.15, 0.2) is 30.7 Å². The molecule has 3 aromatic heterocycles. The first-order chi connectivity index (χ1) is 13.6. The summed E-state index contributed by atoms with van der Waals surface area (Å²) < 4.78 is 1.89. The van der Waals surface area contributed by atoms with Crippen molar-refractivity contribution >= 4 is 11.6 Å². The molecule has 2 saturated heterocycles. The smallest absolute Gasteiger partial charge is 0.159 e. The van der Waals surface area contributed by atoms with E-state index in [1.54, 1.807) is 6.33 Å². The van der Waals surface area contributed by atoms with Gasteiger partial charge >= 0.3 is 0 Å². The molecule has 0 saturated carbocycles. The van der Waals surface area contributed by atoms with Crippen molar-refractivity contribution in [1.29, 1.82) is 0 Å². The Bertz CT molecular complexity index is 999. The summed E-state index contributed by atoms with van der Waals surface area (Å²) in [6, 6.07) is 6.12. The molecular formula is C20H24N8. The molecule has 144 valence electrons. The number of hydrogen-bond donors (Lipinski definition) is 0. The van der Waals surface area contributed by atoms with Crippen LogP contribution in [0.4, 0.5) is 11.6 Å². The Kier molecular flexibility index (Phi) is 3.99. The van der Waals surface area contributed by atoms with E-state index in [-0.39, 0.29) is 0 Å². The molecule has 8 heteroatoms. The lowest BCUT2D eigenvalue weighted by molar-refractivity contribution is 0.533. The maximum atomic E-state index is 4.59. The lowest BCUT2D eigenvalue weighted by Gasteiger charge is -2.23. The zero-order valence-electron chi connectivity index (χ0n) is 16.4. The van der Waals surface area contributed by atoms with E-state index >= 15 is 0 Å². The number of rotatable bonds is 3. The van der Waals surface area contributed by atoms with Crippen LogP contribution in [-0.4, -0.2) is 55.9 Å². The molecule has 2 aliphatic rings. The summed E-state index contributed by atoms with van der Waals surface area (Å²) in [5.41, 5.74) is 2.07. The van der Waals surface area contributed by atoms with Crippen LogP contribution in [0.3, 0.4) is 0 Å². The molecule has 0 amide bonds. The fraction of sp³-hybridized carbons (Fsp3) is 0.450. The van der Waals surface area contributed by atoms with E-state index < -0.39 is 0 Å². The molecule has 0 spiro atoms. The maximum Gasteiger partial charge on any atom is 0.159 e. The van der Waals surface area contributed by atoms with E-state index in [2.05, 4.69) is 40.9 Å². The third kappa shape index (κ3) is 2.98. The lowest BCUT2D eigenvalue weighted by Crippen LogP contribution is -2.29. The largest absolute Gasteiger partial charge is 0.356 e. The Morgan fingerprint density at radius 2 is 1.50 bits per heavy atom. The average Bonchev–Trinajstić information content (AvgIpc) is 3.34. The Labute approximate surface area is 164 Å². The minimum absolute atomic E-state index is 0.627. The topological polar surface area (TPSA) is 75.9 Å². The van der Waals surface area contributed by atoms with Gasteiger partial charge in [-0.3, -0.25) is 0 Å². The Morgan fingerprint density at radius 1 is 0.821 bits per heavy atom. The second-order valence-corrected chi connectivity index (χ2v) is 7.87. The van der Waals surface area contributed by atoms with Crippen LogP contribution in [0.25, 0.3) is 5.82 Å². The van der Waals surface area contributed by atoms with Crippen molar-refractivity contribution in [3.05, 3.63) is 47.9 Å². The predicted molar refractivity (Wildman–Crippen MR) is 107 cm³/mol. The molecule has 0 bridgehead atoms. The van der Waals surface area contributed by atoms with E-state index in [4.69, 9.17) is 0 Å². The average molecular weight is 376 g/mol. The van der Waals surface area contributed by atoms with Crippen molar-refractivity contribution in [1.82, 2.24) is 29.7 Å². The van der Waals surface area contributed by atoms with Gasteiger partial charge in [-0.1, -0.05) is 0 Å². The maximum absolute atomic E-state index is 4.59.